The van der Waals surface area contributed by atoms with Gasteiger partial charge in [-0.15, -0.1) is 0 Å². The number of methoxy groups -OCH3 is 2. The molecule has 26 heavy (non-hydrogen) atoms. The molecule has 8 heteroatoms. The van der Waals surface area contributed by atoms with Crippen LogP contribution in [0.1, 0.15) is 53.4 Å². The second-order valence-electron chi connectivity index (χ2n) is 6.77. The van der Waals surface area contributed by atoms with Crippen molar-refractivity contribution < 1.29 is 9.47 Å². The molecule has 2 unspecified atom stereocenters. The van der Waals surface area contributed by atoms with Gasteiger partial charge in [-0.1, -0.05) is 73.5 Å². The molecular weight excluding hydrogens is 433 g/mol. The van der Waals surface area contributed by atoms with Crippen LogP contribution in [0.5, 0.6) is 0 Å². The van der Waals surface area contributed by atoms with Crippen LogP contribution in [0, 0.1) is 0 Å². The molecule has 0 aliphatic carbocycles. The number of hydrogen-bond donors (Lipinski definition) is 0. The van der Waals surface area contributed by atoms with Crippen molar-refractivity contribution in [2.24, 2.45) is 0 Å². The Kier molecular flexibility index (Phi) is 21.4. The van der Waals surface area contributed by atoms with Crippen molar-refractivity contribution in [2.75, 3.05) is 25.7 Å². The summed E-state index contributed by atoms with van der Waals surface area (Å²) in [4.78, 5) is 0. The zero-order valence-corrected chi connectivity index (χ0v) is 23.4. The Labute approximate surface area is 182 Å². The van der Waals surface area contributed by atoms with E-state index in [0.717, 1.165) is 0 Å². The molecule has 0 aliphatic heterocycles. The average molecular weight is 475 g/mol. The highest BCUT2D eigenvalue weighted by molar-refractivity contribution is 9.26. The van der Waals surface area contributed by atoms with E-state index in [1.165, 1.54) is 61.4 Å². The average Bonchev–Trinajstić information content (AvgIpc) is 2.67. The van der Waals surface area contributed by atoms with Crippen LogP contribution >= 0.6 is 41.2 Å². The summed E-state index contributed by atoms with van der Waals surface area (Å²) in [6, 6.07) is 5.47. The van der Waals surface area contributed by atoms with E-state index in [2.05, 4.69) is 27.7 Å². The SMILES string of the molecule is CC[SiH](CC)C(CCCSSSSCCCC(OC)[SiH](CC)CC)OC. The molecule has 0 bridgehead atoms. The molecule has 0 saturated heterocycles. The fourth-order valence-corrected chi connectivity index (χ4v) is 15.1. The lowest BCUT2D eigenvalue weighted by molar-refractivity contribution is 0.152. The fourth-order valence-electron chi connectivity index (χ4n) is 3.52. The summed E-state index contributed by atoms with van der Waals surface area (Å²) < 4.78 is 11.5. The van der Waals surface area contributed by atoms with E-state index in [-0.39, 0.29) is 0 Å². The van der Waals surface area contributed by atoms with Crippen molar-refractivity contribution in [1.82, 2.24) is 0 Å². The van der Waals surface area contributed by atoms with E-state index in [9.17, 15) is 0 Å². The summed E-state index contributed by atoms with van der Waals surface area (Å²) in [5.74, 6) is 2.50. The molecule has 0 aromatic rings. The number of hydrogen-bond acceptors (Lipinski definition) is 6. The van der Waals surface area contributed by atoms with E-state index >= 15 is 0 Å². The maximum absolute atomic E-state index is 5.76. The highest BCUT2D eigenvalue weighted by Crippen LogP contribution is 2.43. The molecule has 0 amide bonds. The van der Waals surface area contributed by atoms with Gasteiger partial charge < -0.3 is 9.47 Å². The highest BCUT2D eigenvalue weighted by atomic mass is 33.7. The Morgan fingerprint density at radius 2 is 1.00 bits per heavy atom. The van der Waals surface area contributed by atoms with E-state index in [1.54, 1.807) is 0 Å². The molecule has 0 heterocycles. The Morgan fingerprint density at radius 1 is 0.654 bits per heavy atom. The first kappa shape index (κ1) is 27.8. The van der Waals surface area contributed by atoms with Gasteiger partial charge in [-0.05, 0) is 45.3 Å². The van der Waals surface area contributed by atoms with Crippen LogP contribution in [-0.2, 0) is 9.47 Å². The van der Waals surface area contributed by atoms with E-state index in [0.29, 0.717) is 11.5 Å². The van der Waals surface area contributed by atoms with Gasteiger partial charge in [-0.2, -0.15) is 0 Å². The molecule has 0 saturated carbocycles. The maximum Gasteiger partial charge on any atom is 0.0711 e. The minimum atomic E-state index is -0.664. The lowest BCUT2D eigenvalue weighted by atomic mass is 10.3. The first-order valence-corrected chi connectivity index (χ1v) is 20.1. The van der Waals surface area contributed by atoms with Gasteiger partial charge in [-0.25, -0.2) is 0 Å². The van der Waals surface area contributed by atoms with Crippen molar-refractivity contribution in [1.29, 1.82) is 0 Å². The molecule has 0 aromatic carbocycles. The van der Waals surface area contributed by atoms with E-state index < -0.39 is 17.6 Å². The van der Waals surface area contributed by atoms with Gasteiger partial charge >= 0.3 is 0 Å². The normalized spacial score (nSPS) is 14.3. The first-order valence-electron chi connectivity index (χ1n) is 10.3. The van der Waals surface area contributed by atoms with E-state index in [1.807, 2.05) is 55.5 Å². The number of ether oxygens (including phenoxy) is 2. The topological polar surface area (TPSA) is 18.5 Å². The van der Waals surface area contributed by atoms with Crippen LogP contribution in [0.25, 0.3) is 0 Å². The summed E-state index contributed by atoms with van der Waals surface area (Å²) in [7, 11) is 10.4. The maximum atomic E-state index is 5.76. The van der Waals surface area contributed by atoms with Gasteiger partial charge in [0.2, 0.25) is 0 Å². The molecule has 2 atom stereocenters. The Morgan fingerprint density at radius 3 is 1.27 bits per heavy atom. The molecule has 0 rings (SSSR count). The third-order valence-electron chi connectivity index (χ3n) is 5.31. The van der Waals surface area contributed by atoms with E-state index in [4.69, 9.17) is 9.47 Å². The third-order valence-corrected chi connectivity index (χ3v) is 19.5. The zero-order valence-electron chi connectivity index (χ0n) is 17.8. The molecule has 158 valence electrons. The minimum absolute atomic E-state index is 0.588. The largest absolute Gasteiger partial charge is 0.385 e. The summed E-state index contributed by atoms with van der Waals surface area (Å²) in [6.07, 6.45) is 5.11. The Bertz CT molecular complexity index is 268. The fraction of sp³-hybridized carbons (Fsp3) is 1.00. The zero-order chi connectivity index (χ0) is 19.6. The smallest absolute Gasteiger partial charge is 0.0711 e. The molecule has 0 spiro atoms. The van der Waals surface area contributed by atoms with Crippen molar-refractivity contribution in [2.45, 2.75) is 89.0 Å². The van der Waals surface area contributed by atoms with Crippen LogP contribution in [-0.4, -0.2) is 54.8 Å². The standard InChI is InChI=1S/C18H42O2S4Si2/c1-7-25(8-2)17(19-5)13-11-15-21-23-24-22-16-12-14-18(20-6)26(9-3)10-4/h17-18,25-26H,7-16H2,1-6H3. The summed E-state index contributed by atoms with van der Waals surface area (Å²) in [5.41, 5.74) is 1.18. The van der Waals surface area contributed by atoms with Crippen molar-refractivity contribution >= 4 is 58.8 Å². The van der Waals surface area contributed by atoms with Crippen molar-refractivity contribution in [3.63, 3.8) is 0 Å². The predicted octanol–water partition coefficient (Wildman–Crippen LogP) is 6.87. The molecule has 0 aromatic heterocycles. The third kappa shape index (κ3) is 13.1. The van der Waals surface area contributed by atoms with Crippen LogP contribution < -0.4 is 0 Å². The quantitative estimate of drug-likeness (QED) is 0.115. The molecule has 2 nitrogen and oxygen atoms in total. The Balaban J connectivity index is 3.59. The molecule has 0 fully saturated rings. The van der Waals surface area contributed by atoms with Gasteiger partial charge in [-0.3, -0.25) is 0 Å². The molecular formula is C18H42O2S4Si2. The van der Waals surface area contributed by atoms with Gasteiger partial charge in [0.1, 0.15) is 0 Å². The van der Waals surface area contributed by atoms with Crippen LogP contribution in [0.2, 0.25) is 24.2 Å². The summed E-state index contributed by atoms with van der Waals surface area (Å²) in [6.45, 7) is 9.36. The monoisotopic (exact) mass is 474 g/mol. The van der Waals surface area contributed by atoms with Gasteiger partial charge in [0.25, 0.3) is 0 Å². The minimum Gasteiger partial charge on any atom is -0.385 e. The van der Waals surface area contributed by atoms with Crippen LogP contribution in [0.3, 0.4) is 0 Å². The molecule has 0 N–H and O–H groups in total. The van der Waals surface area contributed by atoms with Crippen LogP contribution in [0.4, 0.5) is 0 Å². The number of rotatable bonds is 19. The van der Waals surface area contributed by atoms with Gasteiger partial charge in [0.05, 0.1) is 17.6 Å². The first-order chi connectivity index (χ1) is 12.7. The lowest BCUT2D eigenvalue weighted by Gasteiger charge is -2.22. The molecule has 0 aliphatic rings. The second-order valence-corrected chi connectivity index (χ2v) is 20.8. The molecule has 0 radical (unpaired) electrons. The highest BCUT2D eigenvalue weighted by Gasteiger charge is 2.19. The lowest BCUT2D eigenvalue weighted by Crippen LogP contribution is -2.31. The van der Waals surface area contributed by atoms with Crippen LogP contribution in [0.15, 0.2) is 0 Å². The summed E-state index contributed by atoms with van der Waals surface area (Å²) in [5, 5.41) is 0. The predicted molar refractivity (Wildman–Crippen MR) is 136 cm³/mol. The summed E-state index contributed by atoms with van der Waals surface area (Å²) >= 11 is 0. The van der Waals surface area contributed by atoms with Crippen molar-refractivity contribution in [3.8, 4) is 0 Å². The van der Waals surface area contributed by atoms with Gasteiger partial charge in [0, 0.05) is 37.2 Å². The van der Waals surface area contributed by atoms with Gasteiger partial charge in [0.15, 0.2) is 0 Å². The Hall–Kier alpha value is 1.75. The van der Waals surface area contributed by atoms with Crippen molar-refractivity contribution in [3.05, 3.63) is 0 Å². The second kappa shape index (κ2) is 20.0.